The zero-order valence-corrected chi connectivity index (χ0v) is 13.2. The lowest BCUT2D eigenvalue weighted by atomic mass is 10.1. The minimum absolute atomic E-state index is 0.0601. The third-order valence-corrected chi connectivity index (χ3v) is 4.26. The molecule has 3 rings (SSSR count). The molecule has 0 atom stereocenters. The van der Waals surface area contributed by atoms with Gasteiger partial charge < -0.3 is 4.74 Å². The quantitative estimate of drug-likeness (QED) is 0.380. The number of nitrogens with zero attached hydrogens (tertiary/aromatic N) is 2. The van der Waals surface area contributed by atoms with Crippen molar-refractivity contribution in [2.24, 2.45) is 0 Å². The Morgan fingerprint density at radius 3 is 2.67 bits per heavy atom. The second-order valence-electron chi connectivity index (χ2n) is 4.78. The van der Waals surface area contributed by atoms with Crippen molar-refractivity contribution in [3.63, 3.8) is 0 Å². The van der Waals surface area contributed by atoms with Crippen LogP contribution in [-0.4, -0.2) is 28.1 Å². The maximum Gasteiger partial charge on any atom is 0.387 e. The van der Waals surface area contributed by atoms with E-state index in [1.807, 2.05) is 24.3 Å². The number of alkyl halides is 2. The van der Waals surface area contributed by atoms with Gasteiger partial charge in [0.2, 0.25) is 0 Å². The van der Waals surface area contributed by atoms with E-state index in [2.05, 4.69) is 14.7 Å². The first-order chi connectivity index (χ1) is 11.6. The third-order valence-electron chi connectivity index (χ3n) is 3.25. The number of rotatable bonds is 6. The highest BCUT2D eigenvalue weighted by Crippen LogP contribution is 2.27. The van der Waals surface area contributed by atoms with E-state index in [0.717, 1.165) is 10.9 Å². The zero-order valence-electron chi connectivity index (χ0n) is 12.4. The molecule has 0 saturated carbocycles. The van der Waals surface area contributed by atoms with Gasteiger partial charge in [-0.15, -0.1) is 0 Å². The first-order valence-electron chi connectivity index (χ1n) is 7.05. The summed E-state index contributed by atoms with van der Waals surface area (Å²) in [5, 5.41) is 1.51. The van der Waals surface area contributed by atoms with Crippen molar-refractivity contribution in [1.82, 2.24) is 9.97 Å². The van der Waals surface area contributed by atoms with Crippen LogP contribution in [0.1, 0.15) is 10.4 Å². The molecule has 0 bridgehead atoms. The van der Waals surface area contributed by atoms with Crippen molar-refractivity contribution in [2.45, 2.75) is 11.6 Å². The highest BCUT2D eigenvalue weighted by molar-refractivity contribution is 8.00. The summed E-state index contributed by atoms with van der Waals surface area (Å²) in [7, 11) is 0. The monoisotopic (exact) mass is 346 g/mol. The lowest BCUT2D eigenvalue weighted by Crippen LogP contribution is -2.09. The smallest absolute Gasteiger partial charge is 0.387 e. The van der Waals surface area contributed by atoms with Crippen molar-refractivity contribution < 1.29 is 18.3 Å². The molecule has 0 unspecified atom stereocenters. The Bertz CT molecular complexity index is 869. The number of benzene rings is 2. The number of hydrogen-bond acceptors (Lipinski definition) is 5. The summed E-state index contributed by atoms with van der Waals surface area (Å²) >= 11 is 1.24. The van der Waals surface area contributed by atoms with Crippen molar-refractivity contribution in [1.29, 1.82) is 0 Å². The number of halogens is 2. The number of carbonyl (C=O) groups excluding carboxylic acids is 1. The Hall–Kier alpha value is -2.54. The molecule has 0 aliphatic carbocycles. The van der Waals surface area contributed by atoms with E-state index in [1.165, 1.54) is 30.2 Å². The first-order valence-corrected chi connectivity index (χ1v) is 8.03. The third kappa shape index (κ3) is 3.68. The van der Waals surface area contributed by atoms with Crippen LogP contribution >= 0.6 is 11.8 Å². The number of carbonyl (C=O) groups is 1. The number of Topliss-reactive ketones (excluding diaryl/α,β-unsaturated/α-hetero) is 1. The predicted molar refractivity (Wildman–Crippen MR) is 87.7 cm³/mol. The number of hydrogen-bond donors (Lipinski definition) is 0. The summed E-state index contributed by atoms with van der Waals surface area (Å²) in [5.41, 5.74) is 0.910. The predicted octanol–water partition coefficient (Wildman–Crippen LogP) is 4.21. The lowest BCUT2D eigenvalue weighted by molar-refractivity contribution is -0.0501. The van der Waals surface area contributed by atoms with Gasteiger partial charge in [-0.05, 0) is 18.2 Å². The molecule has 4 nitrogen and oxygen atoms in total. The second-order valence-corrected chi connectivity index (χ2v) is 5.75. The molecular weight excluding hydrogens is 334 g/mol. The number of para-hydroxylation sites is 2. The van der Waals surface area contributed by atoms with Gasteiger partial charge in [0, 0.05) is 5.39 Å². The normalized spacial score (nSPS) is 11.0. The fourth-order valence-corrected chi connectivity index (χ4v) is 3.08. The maximum atomic E-state index is 12.4. The molecular formula is C17H12F2N2O2S. The first kappa shape index (κ1) is 16.3. The van der Waals surface area contributed by atoms with Gasteiger partial charge in [0.1, 0.15) is 17.1 Å². The molecule has 24 heavy (non-hydrogen) atoms. The van der Waals surface area contributed by atoms with E-state index < -0.39 is 6.61 Å². The van der Waals surface area contributed by atoms with E-state index in [0.29, 0.717) is 5.03 Å². The molecule has 1 aromatic heterocycles. The fourth-order valence-electron chi connectivity index (χ4n) is 2.20. The van der Waals surface area contributed by atoms with E-state index in [1.54, 1.807) is 12.1 Å². The second kappa shape index (κ2) is 7.35. The summed E-state index contributed by atoms with van der Waals surface area (Å²) in [4.78, 5) is 20.7. The lowest BCUT2D eigenvalue weighted by Gasteiger charge is -2.09. The molecule has 0 spiro atoms. The standard InChI is InChI=1S/C17H12F2N2O2S/c18-17(19)23-15-8-4-2-6-12(15)14(22)9-24-16-11-5-1-3-7-13(11)20-10-21-16/h1-8,10,17H,9H2. The van der Waals surface area contributed by atoms with Gasteiger partial charge in [0.05, 0.1) is 16.8 Å². The van der Waals surface area contributed by atoms with Crippen LogP contribution in [0.15, 0.2) is 59.9 Å². The van der Waals surface area contributed by atoms with Crippen LogP contribution in [0.3, 0.4) is 0 Å². The SMILES string of the molecule is O=C(CSc1ncnc2ccccc12)c1ccccc1OC(F)F. The molecule has 0 radical (unpaired) electrons. The molecule has 0 amide bonds. The molecule has 0 aliphatic heterocycles. The molecule has 7 heteroatoms. The van der Waals surface area contributed by atoms with Gasteiger partial charge in [-0.1, -0.05) is 42.1 Å². The van der Waals surface area contributed by atoms with E-state index in [-0.39, 0.29) is 22.8 Å². The Kier molecular flexibility index (Phi) is 5.00. The molecule has 0 N–H and O–H groups in total. The van der Waals surface area contributed by atoms with Gasteiger partial charge in [0.25, 0.3) is 0 Å². The van der Waals surface area contributed by atoms with Crippen molar-refractivity contribution >= 4 is 28.4 Å². The Labute approximate surface area is 140 Å². The van der Waals surface area contributed by atoms with Crippen LogP contribution in [0.25, 0.3) is 10.9 Å². The average Bonchev–Trinajstić information content (AvgIpc) is 2.59. The minimum atomic E-state index is -2.97. The highest BCUT2D eigenvalue weighted by Gasteiger charge is 2.16. The van der Waals surface area contributed by atoms with E-state index >= 15 is 0 Å². The van der Waals surface area contributed by atoms with E-state index in [9.17, 15) is 13.6 Å². The number of thioether (sulfide) groups is 1. The molecule has 122 valence electrons. The van der Waals surface area contributed by atoms with Crippen molar-refractivity contribution in [3.05, 3.63) is 60.4 Å². The highest BCUT2D eigenvalue weighted by atomic mass is 32.2. The summed E-state index contributed by atoms with van der Waals surface area (Å²) in [6, 6.07) is 13.4. The molecule has 0 saturated heterocycles. The minimum Gasteiger partial charge on any atom is -0.434 e. The van der Waals surface area contributed by atoms with Crippen LogP contribution in [0.4, 0.5) is 8.78 Å². The zero-order chi connectivity index (χ0) is 16.9. The van der Waals surface area contributed by atoms with Crippen LogP contribution in [-0.2, 0) is 0 Å². The topological polar surface area (TPSA) is 52.1 Å². The van der Waals surface area contributed by atoms with Gasteiger partial charge in [0.15, 0.2) is 5.78 Å². The maximum absolute atomic E-state index is 12.4. The molecule has 2 aromatic carbocycles. The number of aromatic nitrogens is 2. The van der Waals surface area contributed by atoms with Gasteiger partial charge in [-0.3, -0.25) is 4.79 Å². The summed E-state index contributed by atoms with van der Waals surface area (Å²) in [6.07, 6.45) is 1.43. The largest absolute Gasteiger partial charge is 0.434 e. The van der Waals surface area contributed by atoms with Crippen LogP contribution in [0.5, 0.6) is 5.75 Å². The summed E-state index contributed by atoms with van der Waals surface area (Å²) in [6.45, 7) is -2.97. The molecule has 3 aromatic rings. The van der Waals surface area contributed by atoms with Crippen LogP contribution in [0.2, 0.25) is 0 Å². The Morgan fingerprint density at radius 2 is 1.83 bits per heavy atom. The number of ether oxygens (including phenoxy) is 1. The Balaban J connectivity index is 1.78. The van der Waals surface area contributed by atoms with Gasteiger partial charge in [-0.25, -0.2) is 9.97 Å². The summed E-state index contributed by atoms with van der Waals surface area (Å²) < 4.78 is 29.3. The van der Waals surface area contributed by atoms with Gasteiger partial charge in [-0.2, -0.15) is 8.78 Å². The van der Waals surface area contributed by atoms with Crippen LogP contribution in [0, 0.1) is 0 Å². The summed E-state index contributed by atoms with van der Waals surface area (Å²) in [5.74, 6) is -0.366. The Morgan fingerprint density at radius 1 is 1.08 bits per heavy atom. The number of fused-ring (bicyclic) bond motifs is 1. The number of ketones is 1. The van der Waals surface area contributed by atoms with E-state index in [4.69, 9.17) is 0 Å². The van der Waals surface area contributed by atoms with Crippen LogP contribution < -0.4 is 4.74 Å². The molecule has 0 aliphatic rings. The van der Waals surface area contributed by atoms with Crippen molar-refractivity contribution in [3.8, 4) is 5.75 Å². The van der Waals surface area contributed by atoms with Crippen molar-refractivity contribution in [2.75, 3.05) is 5.75 Å². The average molecular weight is 346 g/mol. The fraction of sp³-hybridized carbons (Fsp3) is 0.118. The van der Waals surface area contributed by atoms with Gasteiger partial charge >= 0.3 is 6.61 Å². The molecule has 1 heterocycles. The molecule has 0 fully saturated rings.